The topological polar surface area (TPSA) is 101 Å². The molecule has 84 valence electrons. The van der Waals surface area contributed by atoms with Crippen molar-refractivity contribution in [3.63, 3.8) is 0 Å². The van der Waals surface area contributed by atoms with Crippen LogP contribution in [0.3, 0.4) is 0 Å². The number of fused-ring (bicyclic) bond motifs is 1. The Balaban J connectivity index is 2.14. The highest BCUT2D eigenvalue weighted by molar-refractivity contribution is 5.85. The average Bonchev–Trinajstić information content (AvgIpc) is 2.84. The number of hydrogen-bond acceptors (Lipinski definition) is 5. The van der Waals surface area contributed by atoms with E-state index in [-0.39, 0.29) is 12.0 Å². The van der Waals surface area contributed by atoms with Gasteiger partial charge < -0.3 is 10.8 Å². The molecular weight excluding hydrogens is 206 g/mol. The molecule has 6 heteroatoms. The van der Waals surface area contributed by atoms with Crippen molar-refractivity contribution in [1.82, 2.24) is 20.2 Å². The standard InChI is InChI=1S/C10H13N5O/c11-10-9-8(12-4-13-10)7(14-15-9)5-2-1-3-6(5)16/h4-6,16H,1-3H2,(H,14,15)(H2,11,12,13)/t5-,6-/m1/s1. The normalized spacial score (nSPS) is 25.3. The summed E-state index contributed by atoms with van der Waals surface area (Å²) in [6.45, 7) is 0. The van der Waals surface area contributed by atoms with Crippen LogP contribution in [0.15, 0.2) is 6.33 Å². The van der Waals surface area contributed by atoms with Crippen LogP contribution in [0, 0.1) is 0 Å². The summed E-state index contributed by atoms with van der Waals surface area (Å²) in [6, 6.07) is 0. The highest BCUT2D eigenvalue weighted by atomic mass is 16.3. The lowest BCUT2D eigenvalue weighted by atomic mass is 10.0. The molecule has 0 radical (unpaired) electrons. The number of nitrogen functional groups attached to an aromatic ring is 1. The second-order valence-corrected chi connectivity index (χ2v) is 4.20. The number of aromatic amines is 1. The third kappa shape index (κ3) is 1.26. The Morgan fingerprint density at radius 2 is 2.19 bits per heavy atom. The van der Waals surface area contributed by atoms with Crippen LogP contribution in [0.2, 0.25) is 0 Å². The van der Waals surface area contributed by atoms with Gasteiger partial charge in [0.25, 0.3) is 0 Å². The lowest BCUT2D eigenvalue weighted by Gasteiger charge is -2.11. The van der Waals surface area contributed by atoms with Gasteiger partial charge in [-0.1, -0.05) is 6.42 Å². The van der Waals surface area contributed by atoms with Crippen LogP contribution in [0.25, 0.3) is 11.0 Å². The van der Waals surface area contributed by atoms with E-state index in [0.717, 1.165) is 30.5 Å². The lowest BCUT2D eigenvalue weighted by Crippen LogP contribution is -2.12. The van der Waals surface area contributed by atoms with E-state index in [0.29, 0.717) is 11.3 Å². The van der Waals surface area contributed by atoms with Gasteiger partial charge in [0.05, 0.1) is 11.8 Å². The van der Waals surface area contributed by atoms with Crippen LogP contribution in [0.5, 0.6) is 0 Å². The van der Waals surface area contributed by atoms with Gasteiger partial charge in [-0.25, -0.2) is 9.97 Å². The molecule has 0 unspecified atom stereocenters. The molecule has 1 aliphatic carbocycles. The lowest BCUT2D eigenvalue weighted by molar-refractivity contribution is 0.162. The quantitative estimate of drug-likeness (QED) is 0.650. The van der Waals surface area contributed by atoms with Crippen molar-refractivity contribution in [3.05, 3.63) is 12.0 Å². The van der Waals surface area contributed by atoms with Crippen molar-refractivity contribution in [2.75, 3.05) is 5.73 Å². The van der Waals surface area contributed by atoms with Gasteiger partial charge in [0.1, 0.15) is 11.8 Å². The molecule has 0 bridgehead atoms. The molecule has 1 fully saturated rings. The van der Waals surface area contributed by atoms with Gasteiger partial charge in [-0.2, -0.15) is 5.10 Å². The number of H-pyrrole nitrogens is 1. The summed E-state index contributed by atoms with van der Waals surface area (Å²) in [5.74, 6) is 0.472. The largest absolute Gasteiger partial charge is 0.392 e. The van der Waals surface area contributed by atoms with E-state index in [1.807, 2.05) is 0 Å². The summed E-state index contributed by atoms with van der Waals surface area (Å²) in [5, 5.41) is 16.9. The number of hydrogen-bond donors (Lipinski definition) is 3. The number of nitrogens with zero attached hydrogens (tertiary/aromatic N) is 3. The number of nitrogens with one attached hydrogen (secondary N) is 1. The van der Waals surface area contributed by atoms with Crippen LogP contribution in [-0.4, -0.2) is 31.4 Å². The fourth-order valence-electron chi connectivity index (χ4n) is 2.40. The summed E-state index contributed by atoms with van der Waals surface area (Å²) in [6.07, 6.45) is 3.96. The van der Waals surface area contributed by atoms with Crippen LogP contribution < -0.4 is 5.73 Å². The Morgan fingerprint density at radius 3 is 2.94 bits per heavy atom. The van der Waals surface area contributed by atoms with Crippen molar-refractivity contribution >= 4 is 16.9 Å². The number of aromatic nitrogens is 4. The number of aliphatic hydroxyl groups is 1. The number of aliphatic hydroxyl groups excluding tert-OH is 1. The van der Waals surface area contributed by atoms with Crippen molar-refractivity contribution < 1.29 is 5.11 Å². The van der Waals surface area contributed by atoms with Crippen LogP contribution in [0.1, 0.15) is 30.9 Å². The molecule has 0 aliphatic heterocycles. The fraction of sp³-hybridized carbons (Fsp3) is 0.500. The van der Waals surface area contributed by atoms with Crippen LogP contribution >= 0.6 is 0 Å². The first-order chi connectivity index (χ1) is 7.77. The molecular formula is C10H13N5O. The molecule has 1 aliphatic rings. The van der Waals surface area contributed by atoms with Crippen LogP contribution in [-0.2, 0) is 0 Å². The molecule has 2 aromatic heterocycles. The van der Waals surface area contributed by atoms with Crippen LogP contribution in [0.4, 0.5) is 5.82 Å². The SMILES string of the molecule is Nc1ncnc2c([C@@H]3CCC[C@H]3O)[nH]nc12. The number of anilines is 1. The van der Waals surface area contributed by atoms with E-state index >= 15 is 0 Å². The molecule has 2 atom stereocenters. The zero-order valence-electron chi connectivity index (χ0n) is 8.72. The molecule has 3 rings (SSSR count). The summed E-state index contributed by atoms with van der Waals surface area (Å²) < 4.78 is 0. The minimum absolute atomic E-state index is 0.0966. The van der Waals surface area contributed by atoms with E-state index in [1.165, 1.54) is 6.33 Å². The zero-order valence-corrected chi connectivity index (χ0v) is 8.72. The average molecular weight is 219 g/mol. The summed E-state index contributed by atoms with van der Waals surface area (Å²) in [5.41, 5.74) is 7.92. The first kappa shape index (κ1) is 9.53. The van der Waals surface area contributed by atoms with Gasteiger partial charge in [0.2, 0.25) is 0 Å². The molecule has 4 N–H and O–H groups in total. The third-order valence-electron chi connectivity index (χ3n) is 3.24. The highest BCUT2D eigenvalue weighted by Gasteiger charge is 2.30. The maximum absolute atomic E-state index is 9.87. The molecule has 6 nitrogen and oxygen atoms in total. The minimum atomic E-state index is -0.306. The number of rotatable bonds is 1. The maximum Gasteiger partial charge on any atom is 0.155 e. The Morgan fingerprint density at radius 1 is 1.31 bits per heavy atom. The van der Waals surface area contributed by atoms with Gasteiger partial charge in [-0.3, -0.25) is 5.10 Å². The first-order valence-electron chi connectivity index (χ1n) is 5.40. The Labute approximate surface area is 91.9 Å². The molecule has 2 heterocycles. The first-order valence-corrected chi connectivity index (χ1v) is 5.40. The molecule has 16 heavy (non-hydrogen) atoms. The minimum Gasteiger partial charge on any atom is -0.392 e. The fourth-order valence-corrected chi connectivity index (χ4v) is 2.40. The molecule has 0 amide bonds. The highest BCUT2D eigenvalue weighted by Crippen LogP contribution is 2.36. The van der Waals surface area contributed by atoms with E-state index in [1.54, 1.807) is 0 Å². The Hall–Kier alpha value is -1.69. The van der Waals surface area contributed by atoms with Crippen molar-refractivity contribution in [2.45, 2.75) is 31.3 Å². The second kappa shape index (κ2) is 3.41. The Kier molecular flexibility index (Phi) is 2.03. The molecule has 0 saturated heterocycles. The third-order valence-corrected chi connectivity index (χ3v) is 3.24. The molecule has 1 saturated carbocycles. The van der Waals surface area contributed by atoms with Gasteiger partial charge in [0.15, 0.2) is 11.3 Å². The molecule has 0 aromatic carbocycles. The van der Waals surface area contributed by atoms with Crippen molar-refractivity contribution in [1.29, 1.82) is 0 Å². The second-order valence-electron chi connectivity index (χ2n) is 4.20. The monoisotopic (exact) mass is 219 g/mol. The maximum atomic E-state index is 9.87. The molecule has 0 spiro atoms. The molecule has 2 aromatic rings. The van der Waals surface area contributed by atoms with E-state index in [9.17, 15) is 5.11 Å². The summed E-state index contributed by atoms with van der Waals surface area (Å²) in [4.78, 5) is 8.07. The van der Waals surface area contributed by atoms with Gasteiger partial charge in [0, 0.05) is 5.92 Å². The smallest absolute Gasteiger partial charge is 0.155 e. The Bertz CT molecular complexity index is 523. The number of nitrogens with two attached hydrogens (primary N) is 1. The van der Waals surface area contributed by atoms with Crippen molar-refractivity contribution in [3.8, 4) is 0 Å². The van der Waals surface area contributed by atoms with Gasteiger partial charge in [-0.15, -0.1) is 0 Å². The summed E-state index contributed by atoms with van der Waals surface area (Å²) in [7, 11) is 0. The summed E-state index contributed by atoms with van der Waals surface area (Å²) >= 11 is 0. The van der Waals surface area contributed by atoms with Crippen molar-refractivity contribution in [2.24, 2.45) is 0 Å². The van der Waals surface area contributed by atoms with Gasteiger partial charge >= 0.3 is 0 Å². The van der Waals surface area contributed by atoms with E-state index < -0.39 is 0 Å². The predicted octanol–water partition coefficient (Wildman–Crippen LogP) is 0.563. The predicted molar refractivity (Wildman–Crippen MR) is 58.7 cm³/mol. The van der Waals surface area contributed by atoms with E-state index in [4.69, 9.17) is 5.73 Å². The zero-order chi connectivity index (χ0) is 11.1. The van der Waals surface area contributed by atoms with E-state index in [2.05, 4.69) is 20.2 Å². The van der Waals surface area contributed by atoms with Gasteiger partial charge in [-0.05, 0) is 12.8 Å².